The zero-order valence-corrected chi connectivity index (χ0v) is 14.7. The van der Waals surface area contributed by atoms with Gasteiger partial charge in [-0.25, -0.2) is 0 Å². The number of hydrogen-bond acceptors (Lipinski definition) is 1. The lowest BCUT2D eigenvalue weighted by Crippen LogP contribution is -1.92. The number of rotatable bonds is 4. The van der Waals surface area contributed by atoms with Crippen LogP contribution in [0.25, 0.3) is 22.3 Å². The SMILES string of the molecule is Cc1ccc(Oc2c(-c3ccccc3)cccc2-c2ccccc2)cc1. The average Bonchev–Trinajstić information content (AvgIpc) is 2.71. The molecule has 0 atom stereocenters. The van der Waals surface area contributed by atoms with Gasteiger partial charge in [0.1, 0.15) is 11.5 Å². The minimum Gasteiger partial charge on any atom is -0.456 e. The quantitative estimate of drug-likeness (QED) is 0.385. The van der Waals surface area contributed by atoms with E-state index in [1.54, 1.807) is 0 Å². The molecule has 0 aliphatic heterocycles. The van der Waals surface area contributed by atoms with Crippen LogP contribution in [0.1, 0.15) is 5.56 Å². The Morgan fingerprint density at radius 1 is 0.500 bits per heavy atom. The third kappa shape index (κ3) is 3.38. The Labute approximate surface area is 154 Å². The van der Waals surface area contributed by atoms with E-state index in [4.69, 9.17) is 4.74 Å². The Bertz CT molecular complexity index is 929. The van der Waals surface area contributed by atoms with Gasteiger partial charge >= 0.3 is 0 Å². The van der Waals surface area contributed by atoms with Gasteiger partial charge in [-0.15, -0.1) is 0 Å². The zero-order chi connectivity index (χ0) is 17.8. The third-order valence-electron chi connectivity index (χ3n) is 4.43. The first-order valence-corrected chi connectivity index (χ1v) is 8.79. The van der Waals surface area contributed by atoms with E-state index >= 15 is 0 Å². The normalized spacial score (nSPS) is 10.5. The van der Waals surface area contributed by atoms with Crippen LogP contribution in [0.2, 0.25) is 0 Å². The first-order chi connectivity index (χ1) is 12.8. The molecule has 4 aromatic carbocycles. The van der Waals surface area contributed by atoms with Gasteiger partial charge in [0.05, 0.1) is 0 Å². The highest BCUT2D eigenvalue weighted by Crippen LogP contribution is 2.41. The van der Waals surface area contributed by atoms with Gasteiger partial charge in [-0.05, 0) is 30.2 Å². The van der Waals surface area contributed by atoms with Gasteiger partial charge in [-0.1, -0.05) is 96.6 Å². The molecule has 0 fully saturated rings. The van der Waals surface area contributed by atoms with E-state index in [-0.39, 0.29) is 0 Å². The molecule has 0 amide bonds. The van der Waals surface area contributed by atoms with Crippen LogP contribution in [0.4, 0.5) is 0 Å². The molecule has 1 nitrogen and oxygen atoms in total. The third-order valence-corrected chi connectivity index (χ3v) is 4.43. The van der Waals surface area contributed by atoms with Crippen molar-refractivity contribution in [2.75, 3.05) is 0 Å². The van der Waals surface area contributed by atoms with E-state index in [0.29, 0.717) is 0 Å². The number of hydrogen-bond donors (Lipinski definition) is 0. The van der Waals surface area contributed by atoms with Gasteiger partial charge in [-0.3, -0.25) is 0 Å². The van der Waals surface area contributed by atoms with Crippen molar-refractivity contribution in [3.63, 3.8) is 0 Å². The summed E-state index contributed by atoms with van der Waals surface area (Å²) in [7, 11) is 0. The Balaban J connectivity index is 1.88. The Morgan fingerprint density at radius 2 is 1.00 bits per heavy atom. The van der Waals surface area contributed by atoms with E-state index in [2.05, 4.69) is 85.8 Å². The summed E-state index contributed by atoms with van der Waals surface area (Å²) in [5.74, 6) is 1.73. The topological polar surface area (TPSA) is 9.23 Å². The summed E-state index contributed by atoms with van der Waals surface area (Å²) >= 11 is 0. The van der Waals surface area contributed by atoms with Crippen molar-refractivity contribution in [2.45, 2.75) is 6.92 Å². The van der Waals surface area contributed by atoms with E-state index in [1.165, 1.54) is 5.56 Å². The van der Waals surface area contributed by atoms with Crippen LogP contribution in [0.15, 0.2) is 103 Å². The van der Waals surface area contributed by atoms with Gasteiger partial charge in [-0.2, -0.15) is 0 Å². The molecule has 4 aromatic rings. The first-order valence-electron chi connectivity index (χ1n) is 8.79. The molecule has 0 saturated heterocycles. The molecule has 0 aliphatic rings. The largest absolute Gasteiger partial charge is 0.456 e. The van der Waals surface area contributed by atoms with Gasteiger partial charge in [0, 0.05) is 11.1 Å². The number of benzene rings is 4. The molecule has 26 heavy (non-hydrogen) atoms. The summed E-state index contributed by atoms with van der Waals surface area (Å²) in [5.41, 5.74) is 5.69. The van der Waals surface area contributed by atoms with Gasteiger partial charge in [0.25, 0.3) is 0 Å². The molecule has 0 unspecified atom stereocenters. The maximum absolute atomic E-state index is 6.40. The molecule has 0 radical (unpaired) electrons. The number of para-hydroxylation sites is 1. The molecule has 0 aromatic heterocycles. The summed E-state index contributed by atoms with van der Waals surface area (Å²) < 4.78 is 6.40. The highest BCUT2D eigenvalue weighted by atomic mass is 16.5. The van der Waals surface area contributed by atoms with Crippen molar-refractivity contribution < 1.29 is 4.74 Å². The van der Waals surface area contributed by atoms with Gasteiger partial charge < -0.3 is 4.74 Å². The predicted octanol–water partition coefficient (Wildman–Crippen LogP) is 7.12. The number of aryl methyl sites for hydroxylation is 1. The average molecular weight is 336 g/mol. The second kappa shape index (κ2) is 7.28. The molecule has 0 spiro atoms. The Morgan fingerprint density at radius 3 is 1.50 bits per heavy atom. The fourth-order valence-electron chi connectivity index (χ4n) is 3.06. The highest BCUT2D eigenvalue weighted by molar-refractivity contribution is 5.82. The second-order valence-corrected chi connectivity index (χ2v) is 6.33. The van der Waals surface area contributed by atoms with E-state index in [1.807, 2.05) is 24.3 Å². The van der Waals surface area contributed by atoms with E-state index in [0.717, 1.165) is 33.8 Å². The molecule has 1 heteroatoms. The highest BCUT2D eigenvalue weighted by Gasteiger charge is 2.14. The summed E-state index contributed by atoms with van der Waals surface area (Å²) in [6.07, 6.45) is 0. The van der Waals surface area contributed by atoms with Crippen molar-refractivity contribution in [2.24, 2.45) is 0 Å². The maximum Gasteiger partial charge on any atom is 0.143 e. The van der Waals surface area contributed by atoms with Crippen LogP contribution < -0.4 is 4.74 Å². The van der Waals surface area contributed by atoms with Crippen LogP contribution in [0.3, 0.4) is 0 Å². The molecule has 0 N–H and O–H groups in total. The van der Waals surface area contributed by atoms with E-state index in [9.17, 15) is 0 Å². The molecule has 126 valence electrons. The van der Waals surface area contributed by atoms with E-state index < -0.39 is 0 Å². The molecular formula is C25H20O. The molecule has 0 aliphatic carbocycles. The molecular weight excluding hydrogens is 316 g/mol. The minimum atomic E-state index is 0.844. The number of ether oxygens (including phenoxy) is 1. The van der Waals surface area contributed by atoms with Crippen molar-refractivity contribution in [1.82, 2.24) is 0 Å². The van der Waals surface area contributed by atoms with Crippen LogP contribution in [-0.4, -0.2) is 0 Å². The lowest BCUT2D eigenvalue weighted by Gasteiger charge is -2.16. The van der Waals surface area contributed by atoms with Gasteiger partial charge in [0.15, 0.2) is 0 Å². The predicted molar refractivity (Wildman–Crippen MR) is 109 cm³/mol. The second-order valence-electron chi connectivity index (χ2n) is 6.33. The van der Waals surface area contributed by atoms with Crippen LogP contribution in [-0.2, 0) is 0 Å². The summed E-state index contributed by atoms with van der Waals surface area (Å²) in [6, 6.07) is 35.3. The van der Waals surface area contributed by atoms with Crippen molar-refractivity contribution >= 4 is 0 Å². The summed E-state index contributed by atoms with van der Waals surface area (Å²) in [5, 5.41) is 0. The molecule has 4 rings (SSSR count). The van der Waals surface area contributed by atoms with Crippen molar-refractivity contribution in [1.29, 1.82) is 0 Å². The monoisotopic (exact) mass is 336 g/mol. The minimum absolute atomic E-state index is 0.844. The smallest absolute Gasteiger partial charge is 0.143 e. The Hall–Kier alpha value is -3.32. The lowest BCUT2D eigenvalue weighted by atomic mass is 9.97. The molecule has 0 saturated carbocycles. The standard InChI is InChI=1S/C25H20O/c1-19-15-17-22(18-16-19)26-25-23(20-9-4-2-5-10-20)13-8-14-24(25)21-11-6-3-7-12-21/h2-18H,1H3. The lowest BCUT2D eigenvalue weighted by molar-refractivity contribution is 0.486. The van der Waals surface area contributed by atoms with Crippen LogP contribution in [0, 0.1) is 6.92 Å². The summed E-state index contributed by atoms with van der Waals surface area (Å²) in [6.45, 7) is 2.08. The zero-order valence-electron chi connectivity index (χ0n) is 14.7. The molecule has 0 bridgehead atoms. The van der Waals surface area contributed by atoms with Crippen molar-refractivity contribution in [3.8, 4) is 33.8 Å². The Kier molecular flexibility index (Phi) is 4.53. The first kappa shape index (κ1) is 16.2. The summed E-state index contributed by atoms with van der Waals surface area (Å²) in [4.78, 5) is 0. The van der Waals surface area contributed by atoms with Gasteiger partial charge in [0.2, 0.25) is 0 Å². The fourth-order valence-corrected chi connectivity index (χ4v) is 3.06. The maximum atomic E-state index is 6.40. The fraction of sp³-hybridized carbons (Fsp3) is 0.0400. The van der Waals surface area contributed by atoms with Crippen molar-refractivity contribution in [3.05, 3.63) is 109 Å². The molecule has 0 heterocycles. The van der Waals surface area contributed by atoms with Crippen LogP contribution >= 0.6 is 0 Å². The van der Waals surface area contributed by atoms with Crippen LogP contribution in [0.5, 0.6) is 11.5 Å².